The number of ether oxygens (including phenoxy) is 2. The highest BCUT2D eigenvalue weighted by atomic mass is 16.5. The first-order valence-electron chi connectivity index (χ1n) is 8.55. The monoisotopic (exact) mass is 343 g/mol. The van der Waals surface area contributed by atoms with Crippen molar-refractivity contribution in [2.75, 3.05) is 20.3 Å². The van der Waals surface area contributed by atoms with E-state index in [0.717, 1.165) is 16.7 Å². The van der Waals surface area contributed by atoms with Crippen molar-refractivity contribution in [3.05, 3.63) is 47.2 Å². The van der Waals surface area contributed by atoms with E-state index in [2.05, 4.69) is 29.5 Å². The molecule has 2 heterocycles. The average molecular weight is 343 g/mol. The van der Waals surface area contributed by atoms with Crippen LogP contribution in [0.3, 0.4) is 0 Å². The fourth-order valence-corrected chi connectivity index (χ4v) is 3.60. The Morgan fingerprint density at radius 2 is 2.08 bits per heavy atom. The number of hydrogen-bond donors (Lipinski definition) is 1. The summed E-state index contributed by atoms with van der Waals surface area (Å²) in [5.74, 6) is 0.579. The van der Waals surface area contributed by atoms with Crippen molar-refractivity contribution in [2.45, 2.75) is 31.7 Å². The van der Waals surface area contributed by atoms with E-state index in [1.165, 1.54) is 0 Å². The Hall–Kier alpha value is -2.34. The van der Waals surface area contributed by atoms with Crippen molar-refractivity contribution in [3.8, 4) is 5.88 Å². The standard InChI is InChI=1S/C19H25N3O3/c1-14-6-4-5-7-16(14)19(8-10-25-11-9-19)18(23)20-12-15-13-22(2)21-17(15)24-3/h4-7,13H,8-12H2,1-3H3,(H,20,23). The minimum atomic E-state index is -0.543. The molecule has 0 spiro atoms. The van der Waals surface area contributed by atoms with Crippen LogP contribution in [0, 0.1) is 6.92 Å². The molecule has 1 aromatic heterocycles. The Morgan fingerprint density at radius 3 is 2.76 bits per heavy atom. The molecule has 1 aromatic carbocycles. The minimum Gasteiger partial charge on any atom is -0.480 e. The summed E-state index contributed by atoms with van der Waals surface area (Å²) in [6, 6.07) is 8.12. The van der Waals surface area contributed by atoms with E-state index in [1.807, 2.05) is 25.4 Å². The smallest absolute Gasteiger partial charge is 0.237 e. The molecule has 0 saturated carbocycles. The summed E-state index contributed by atoms with van der Waals surface area (Å²) in [5, 5.41) is 7.33. The number of carbonyl (C=O) groups is 1. The van der Waals surface area contributed by atoms with E-state index in [9.17, 15) is 4.79 Å². The lowest BCUT2D eigenvalue weighted by Crippen LogP contribution is -2.48. The van der Waals surface area contributed by atoms with Crippen LogP contribution in [0.25, 0.3) is 0 Å². The lowest BCUT2D eigenvalue weighted by Gasteiger charge is -2.37. The minimum absolute atomic E-state index is 0.0380. The highest BCUT2D eigenvalue weighted by Crippen LogP contribution is 2.37. The molecule has 6 nitrogen and oxygen atoms in total. The summed E-state index contributed by atoms with van der Waals surface area (Å²) in [4.78, 5) is 13.2. The second-order valence-corrected chi connectivity index (χ2v) is 6.53. The van der Waals surface area contributed by atoms with Gasteiger partial charge in [0, 0.05) is 33.0 Å². The number of amides is 1. The van der Waals surface area contributed by atoms with E-state index >= 15 is 0 Å². The molecule has 6 heteroatoms. The van der Waals surface area contributed by atoms with Gasteiger partial charge in [-0.3, -0.25) is 9.48 Å². The summed E-state index contributed by atoms with van der Waals surface area (Å²) in [5.41, 5.74) is 2.55. The lowest BCUT2D eigenvalue weighted by molar-refractivity contribution is -0.130. The molecule has 25 heavy (non-hydrogen) atoms. The summed E-state index contributed by atoms with van der Waals surface area (Å²) >= 11 is 0. The van der Waals surface area contributed by atoms with Crippen LogP contribution in [0.5, 0.6) is 5.88 Å². The summed E-state index contributed by atoms with van der Waals surface area (Å²) in [6.07, 6.45) is 3.24. The SMILES string of the molecule is COc1nn(C)cc1CNC(=O)C1(c2ccccc2C)CCOCC1. The number of nitrogens with zero attached hydrogens (tertiary/aromatic N) is 2. The van der Waals surface area contributed by atoms with Crippen LogP contribution < -0.4 is 10.1 Å². The zero-order valence-corrected chi connectivity index (χ0v) is 15.0. The number of hydrogen-bond acceptors (Lipinski definition) is 4. The Kier molecular flexibility index (Phi) is 5.08. The third kappa shape index (κ3) is 3.39. The van der Waals surface area contributed by atoms with Gasteiger partial charge in [0.1, 0.15) is 0 Å². The van der Waals surface area contributed by atoms with Gasteiger partial charge in [-0.1, -0.05) is 24.3 Å². The zero-order chi connectivity index (χ0) is 17.9. The molecule has 1 saturated heterocycles. The molecule has 0 aliphatic carbocycles. The van der Waals surface area contributed by atoms with Crippen LogP contribution in [-0.4, -0.2) is 36.0 Å². The van der Waals surface area contributed by atoms with Gasteiger partial charge in [-0.15, -0.1) is 5.10 Å². The molecule has 0 unspecified atom stereocenters. The molecular weight excluding hydrogens is 318 g/mol. The van der Waals surface area contributed by atoms with Gasteiger partial charge < -0.3 is 14.8 Å². The number of nitrogens with one attached hydrogen (secondary N) is 1. The number of methoxy groups -OCH3 is 1. The van der Waals surface area contributed by atoms with Crippen molar-refractivity contribution in [2.24, 2.45) is 7.05 Å². The second-order valence-electron chi connectivity index (χ2n) is 6.53. The Labute approximate surface area is 148 Å². The van der Waals surface area contributed by atoms with Gasteiger partial charge in [-0.2, -0.15) is 0 Å². The topological polar surface area (TPSA) is 65.4 Å². The molecule has 2 aromatic rings. The first kappa shape index (κ1) is 17.5. The molecule has 1 N–H and O–H groups in total. The van der Waals surface area contributed by atoms with Crippen LogP contribution in [0.2, 0.25) is 0 Å². The molecule has 0 bridgehead atoms. The van der Waals surface area contributed by atoms with E-state index in [-0.39, 0.29) is 5.91 Å². The predicted octanol–water partition coefficient (Wildman–Crippen LogP) is 2.10. The second kappa shape index (κ2) is 7.27. The molecular formula is C19H25N3O3. The van der Waals surface area contributed by atoms with Gasteiger partial charge >= 0.3 is 0 Å². The number of rotatable bonds is 5. The van der Waals surface area contributed by atoms with Gasteiger partial charge in [0.15, 0.2) is 0 Å². The molecule has 1 amide bonds. The molecule has 134 valence electrons. The highest BCUT2D eigenvalue weighted by molar-refractivity contribution is 5.88. The predicted molar refractivity (Wildman–Crippen MR) is 94.5 cm³/mol. The average Bonchev–Trinajstić information content (AvgIpc) is 3.00. The van der Waals surface area contributed by atoms with Crippen molar-refractivity contribution >= 4 is 5.91 Å². The number of carbonyl (C=O) groups excluding carboxylic acids is 1. The quantitative estimate of drug-likeness (QED) is 0.903. The van der Waals surface area contributed by atoms with Crippen molar-refractivity contribution in [1.82, 2.24) is 15.1 Å². The van der Waals surface area contributed by atoms with Gasteiger partial charge in [0.25, 0.3) is 0 Å². The maximum absolute atomic E-state index is 13.2. The summed E-state index contributed by atoms with van der Waals surface area (Å²) < 4.78 is 12.5. The van der Waals surface area contributed by atoms with Gasteiger partial charge in [-0.25, -0.2) is 0 Å². The zero-order valence-electron chi connectivity index (χ0n) is 15.0. The lowest BCUT2D eigenvalue weighted by atomic mass is 9.72. The summed E-state index contributed by atoms with van der Waals surface area (Å²) in [6.45, 7) is 3.64. The van der Waals surface area contributed by atoms with Crippen molar-refractivity contribution < 1.29 is 14.3 Å². The van der Waals surface area contributed by atoms with Crippen molar-refractivity contribution in [1.29, 1.82) is 0 Å². The number of aromatic nitrogens is 2. The van der Waals surface area contributed by atoms with Crippen LogP contribution in [0.1, 0.15) is 29.5 Å². The fraction of sp³-hybridized carbons (Fsp3) is 0.474. The molecule has 1 fully saturated rings. The highest BCUT2D eigenvalue weighted by Gasteiger charge is 2.42. The molecule has 0 radical (unpaired) electrons. The van der Waals surface area contributed by atoms with E-state index in [4.69, 9.17) is 9.47 Å². The van der Waals surface area contributed by atoms with Gasteiger partial charge in [-0.05, 0) is 30.9 Å². The summed E-state index contributed by atoms with van der Waals surface area (Å²) in [7, 11) is 3.42. The Balaban J connectivity index is 1.84. The van der Waals surface area contributed by atoms with E-state index < -0.39 is 5.41 Å². The van der Waals surface area contributed by atoms with E-state index in [1.54, 1.807) is 11.8 Å². The maximum Gasteiger partial charge on any atom is 0.237 e. The number of aryl methyl sites for hydroxylation is 2. The van der Waals surface area contributed by atoms with E-state index in [0.29, 0.717) is 38.5 Å². The third-order valence-electron chi connectivity index (χ3n) is 4.94. The van der Waals surface area contributed by atoms with Crippen LogP contribution >= 0.6 is 0 Å². The first-order chi connectivity index (χ1) is 12.1. The molecule has 0 atom stereocenters. The van der Waals surface area contributed by atoms with Crippen LogP contribution in [0.4, 0.5) is 0 Å². The Morgan fingerprint density at radius 1 is 1.36 bits per heavy atom. The van der Waals surface area contributed by atoms with Crippen LogP contribution in [0.15, 0.2) is 30.5 Å². The first-order valence-corrected chi connectivity index (χ1v) is 8.55. The molecule has 1 aliphatic heterocycles. The van der Waals surface area contributed by atoms with Gasteiger partial charge in [0.05, 0.1) is 18.1 Å². The number of benzene rings is 1. The molecule has 3 rings (SSSR count). The largest absolute Gasteiger partial charge is 0.480 e. The van der Waals surface area contributed by atoms with Gasteiger partial charge in [0.2, 0.25) is 11.8 Å². The fourth-order valence-electron chi connectivity index (χ4n) is 3.60. The Bertz CT molecular complexity index is 748. The van der Waals surface area contributed by atoms with Crippen LogP contribution in [-0.2, 0) is 28.5 Å². The normalized spacial score (nSPS) is 16.4. The maximum atomic E-state index is 13.2. The molecule has 1 aliphatic rings. The van der Waals surface area contributed by atoms with Crippen molar-refractivity contribution in [3.63, 3.8) is 0 Å². The third-order valence-corrected chi connectivity index (χ3v) is 4.94.